The summed E-state index contributed by atoms with van der Waals surface area (Å²) in [5.74, 6) is -0.445. The summed E-state index contributed by atoms with van der Waals surface area (Å²) in [5, 5.41) is 4.45. The first-order valence-electron chi connectivity index (χ1n) is 10.4. The molecule has 0 bridgehead atoms. The second kappa shape index (κ2) is 6.23. The van der Waals surface area contributed by atoms with Crippen LogP contribution >= 0.6 is 0 Å². The van der Waals surface area contributed by atoms with Gasteiger partial charge in [-0.15, -0.1) is 0 Å². The van der Waals surface area contributed by atoms with Crippen LogP contribution in [-0.2, 0) is 4.79 Å². The molecule has 2 aliphatic rings. The minimum Gasteiger partial charge on any atom is -0.361 e. The second-order valence-electron chi connectivity index (χ2n) is 9.28. The van der Waals surface area contributed by atoms with Gasteiger partial charge in [0.15, 0.2) is 5.78 Å². The van der Waals surface area contributed by atoms with Crippen molar-refractivity contribution in [3.8, 4) is 0 Å². The molecule has 2 aromatic carbocycles. The molecule has 3 heterocycles. The highest BCUT2D eigenvalue weighted by atomic mass is 19.1. The number of fused-ring (bicyclic) bond motifs is 4. The smallest absolute Gasteiger partial charge is 0.162 e. The van der Waals surface area contributed by atoms with Gasteiger partial charge in [0.1, 0.15) is 5.82 Å². The molecule has 6 rings (SSSR count). The topological polar surface area (TPSA) is 70.7 Å². The molecule has 31 heavy (non-hydrogen) atoms. The summed E-state index contributed by atoms with van der Waals surface area (Å²) in [6, 6.07) is 8.71. The summed E-state index contributed by atoms with van der Waals surface area (Å²) in [4.78, 5) is 25.8. The summed E-state index contributed by atoms with van der Waals surface area (Å²) in [6.45, 7) is 4.25. The number of aromatic nitrogens is 3. The molecule has 1 atom stereocenters. The quantitative estimate of drug-likeness (QED) is 0.436. The molecular formula is C25H21FN4O. The molecule has 0 fully saturated rings. The number of benzene rings is 2. The van der Waals surface area contributed by atoms with Gasteiger partial charge in [-0.05, 0) is 47.7 Å². The molecule has 1 unspecified atom stereocenters. The highest BCUT2D eigenvalue weighted by molar-refractivity contribution is 6.04. The van der Waals surface area contributed by atoms with Gasteiger partial charge in [0.2, 0.25) is 0 Å². The van der Waals surface area contributed by atoms with Crippen LogP contribution in [-0.4, -0.2) is 20.7 Å². The van der Waals surface area contributed by atoms with Gasteiger partial charge in [-0.1, -0.05) is 13.8 Å². The van der Waals surface area contributed by atoms with Crippen molar-refractivity contribution in [1.82, 2.24) is 15.0 Å². The molecule has 4 aromatic rings. The van der Waals surface area contributed by atoms with Gasteiger partial charge in [-0.2, -0.15) is 0 Å². The number of anilines is 1. The minimum atomic E-state index is -0.297. The van der Waals surface area contributed by atoms with Gasteiger partial charge >= 0.3 is 0 Å². The summed E-state index contributed by atoms with van der Waals surface area (Å²) >= 11 is 0. The van der Waals surface area contributed by atoms with Gasteiger partial charge in [-0.25, -0.2) is 4.39 Å². The van der Waals surface area contributed by atoms with Crippen LogP contribution in [0.1, 0.15) is 43.7 Å². The maximum absolute atomic E-state index is 13.8. The number of nitrogens with zero attached hydrogens (tertiary/aromatic N) is 2. The fourth-order valence-corrected chi connectivity index (χ4v) is 5.22. The van der Waals surface area contributed by atoms with Crippen LogP contribution < -0.4 is 5.32 Å². The first-order valence-corrected chi connectivity index (χ1v) is 10.4. The monoisotopic (exact) mass is 412 g/mol. The number of H-pyrrole nitrogens is 1. The van der Waals surface area contributed by atoms with Crippen LogP contribution in [0.25, 0.3) is 21.9 Å². The van der Waals surface area contributed by atoms with Crippen molar-refractivity contribution in [3.63, 3.8) is 0 Å². The molecule has 1 aliphatic heterocycles. The maximum Gasteiger partial charge on any atom is 0.162 e. The van der Waals surface area contributed by atoms with Gasteiger partial charge in [0.05, 0.1) is 11.0 Å². The molecule has 0 spiro atoms. The lowest BCUT2D eigenvalue weighted by Crippen LogP contribution is -2.34. The first kappa shape index (κ1) is 18.2. The zero-order valence-electron chi connectivity index (χ0n) is 17.3. The van der Waals surface area contributed by atoms with E-state index in [-0.39, 0.29) is 22.9 Å². The van der Waals surface area contributed by atoms with Gasteiger partial charge in [-0.3, -0.25) is 14.8 Å². The Morgan fingerprint density at radius 1 is 1.10 bits per heavy atom. The van der Waals surface area contributed by atoms with Crippen molar-refractivity contribution in [2.24, 2.45) is 5.41 Å². The summed E-state index contributed by atoms with van der Waals surface area (Å²) in [5.41, 5.74) is 6.77. The number of hydrogen-bond acceptors (Lipinski definition) is 4. The molecule has 1 aliphatic carbocycles. The maximum atomic E-state index is 13.8. The van der Waals surface area contributed by atoms with E-state index in [2.05, 4.69) is 34.1 Å². The van der Waals surface area contributed by atoms with E-state index >= 15 is 0 Å². The van der Waals surface area contributed by atoms with E-state index in [1.807, 2.05) is 18.3 Å². The third-order valence-electron chi connectivity index (χ3n) is 6.45. The highest BCUT2D eigenvalue weighted by Crippen LogP contribution is 2.51. The zero-order valence-corrected chi connectivity index (χ0v) is 17.3. The minimum absolute atomic E-state index is 0.106. The zero-order chi connectivity index (χ0) is 21.3. The van der Waals surface area contributed by atoms with Gasteiger partial charge < -0.3 is 10.3 Å². The van der Waals surface area contributed by atoms with Crippen LogP contribution in [0, 0.1) is 11.2 Å². The van der Waals surface area contributed by atoms with Crippen molar-refractivity contribution in [1.29, 1.82) is 0 Å². The molecule has 6 heteroatoms. The number of carbonyl (C=O) groups excluding carboxylic acids is 1. The standard InChI is InChI=1S/C25H21FN4O/c1-25(2)10-19-22(20(31)11-25)21(15-12-29-18-9-13(26)3-4-14(15)18)23-16(30-19)5-6-17-24(23)28-8-7-27-17/h3-9,12,21,29-30H,10-11H2,1-2H3. The Hall–Kier alpha value is -3.54. The van der Waals surface area contributed by atoms with Crippen LogP contribution in [0.3, 0.4) is 0 Å². The number of carbonyl (C=O) groups is 1. The predicted molar refractivity (Wildman–Crippen MR) is 118 cm³/mol. The van der Waals surface area contributed by atoms with E-state index in [9.17, 15) is 9.18 Å². The van der Waals surface area contributed by atoms with E-state index in [0.717, 1.165) is 50.9 Å². The van der Waals surface area contributed by atoms with E-state index < -0.39 is 0 Å². The normalized spacial score (nSPS) is 20.0. The van der Waals surface area contributed by atoms with Crippen LogP contribution in [0.5, 0.6) is 0 Å². The Morgan fingerprint density at radius 3 is 2.81 bits per heavy atom. The molecule has 2 N–H and O–H groups in total. The fraction of sp³-hybridized carbons (Fsp3) is 0.240. The van der Waals surface area contributed by atoms with Crippen molar-refractivity contribution in [2.75, 3.05) is 5.32 Å². The van der Waals surface area contributed by atoms with Crippen molar-refractivity contribution in [2.45, 2.75) is 32.6 Å². The predicted octanol–water partition coefficient (Wildman–Crippen LogP) is 5.45. The molecule has 0 amide bonds. The van der Waals surface area contributed by atoms with Crippen LogP contribution in [0.2, 0.25) is 0 Å². The number of allylic oxidation sites excluding steroid dienone is 2. The molecule has 154 valence electrons. The van der Waals surface area contributed by atoms with Gasteiger partial charge in [0.25, 0.3) is 0 Å². The molecule has 2 aromatic heterocycles. The SMILES string of the molecule is CC1(C)CC(=O)C2=C(C1)Nc1ccc3nccnc3c1C2c1c[nH]c2cc(F)ccc12. The summed E-state index contributed by atoms with van der Waals surface area (Å²) < 4.78 is 13.8. The Balaban J connectivity index is 1.69. The number of halogens is 1. The lowest BCUT2D eigenvalue weighted by molar-refractivity contribution is -0.118. The van der Waals surface area contributed by atoms with E-state index in [0.29, 0.717) is 11.9 Å². The number of nitrogens with one attached hydrogen (secondary N) is 2. The largest absolute Gasteiger partial charge is 0.361 e. The number of rotatable bonds is 1. The lowest BCUT2D eigenvalue weighted by Gasteiger charge is -2.39. The third kappa shape index (κ3) is 2.71. The van der Waals surface area contributed by atoms with Crippen molar-refractivity contribution in [3.05, 3.63) is 77.1 Å². The number of aromatic amines is 1. The molecule has 0 saturated heterocycles. The van der Waals surface area contributed by atoms with Crippen molar-refractivity contribution >= 4 is 33.4 Å². The number of ketones is 1. The summed E-state index contributed by atoms with van der Waals surface area (Å²) in [6.07, 6.45) is 6.54. The number of hydrogen-bond donors (Lipinski definition) is 2. The lowest BCUT2D eigenvalue weighted by atomic mass is 9.68. The van der Waals surface area contributed by atoms with E-state index in [1.165, 1.54) is 12.1 Å². The van der Waals surface area contributed by atoms with Gasteiger partial charge in [0, 0.05) is 64.4 Å². The Morgan fingerprint density at radius 2 is 1.94 bits per heavy atom. The van der Waals surface area contributed by atoms with Crippen LogP contribution in [0.15, 0.2) is 60.2 Å². The summed E-state index contributed by atoms with van der Waals surface area (Å²) in [7, 11) is 0. The fourth-order valence-electron chi connectivity index (χ4n) is 5.22. The van der Waals surface area contributed by atoms with Crippen molar-refractivity contribution < 1.29 is 9.18 Å². The first-order chi connectivity index (χ1) is 14.9. The molecule has 0 saturated carbocycles. The van der Waals surface area contributed by atoms with Crippen LogP contribution in [0.4, 0.5) is 10.1 Å². The molecule has 5 nitrogen and oxygen atoms in total. The molecular weight excluding hydrogens is 391 g/mol. The van der Waals surface area contributed by atoms with E-state index in [1.54, 1.807) is 18.5 Å². The highest BCUT2D eigenvalue weighted by Gasteiger charge is 2.42. The third-order valence-corrected chi connectivity index (χ3v) is 6.45. The number of Topliss-reactive ketones (excluding diaryl/α,β-unsaturated/α-hetero) is 1. The Labute approximate surface area is 178 Å². The Bertz CT molecular complexity index is 1430. The second-order valence-corrected chi connectivity index (χ2v) is 9.28. The van der Waals surface area contributed by atoms with E-state index in [4.69, 9.17) is 0 Å². The molecule has 0 radical (unpaired) electrons. The average Bonchev–Trinajstić information content (AvgIpc) is 3.13. The Kier molecular flexibility index (Phi) is 3.67. The average molecular weight is 412 g/mol.